The zero-order valence-electron chi connectivity index (χ0n) is 20.7. The van der Waals surface area contributed by atoms with Crippen molar-refractivity contribution in [3.05, 3.63) is 59.4 Å². The van der Waals surface area contributed by atoms with Gasteiger partial charge in [-0.15, -0.1) is 0 Å². The SMILES string of the molecule is CC(C)c1cccc(C(C)C)c1NC(=O)CN1CC2(CCCCC2)N(c2ccc(F)cc2)C1=O. The van der Waals surface area contributed by atoms with E-state index in [4.69, 9.17) is 0 Å². The number of carbonyl (C=O) groups is 2. The molecule has 1 saturated heterocycles. The van der Waals surface area contributed by atoms with Gasteiger partial charge in [0.2, 0.25) is 5.91 Å². The number of nitrogens with zero attached hydrogens (tertiary/aromatic N) is 2. The highest BCUT2D eigenvalue weighted by atomic mass is 19.1. The number of amides is 3. The first kappa shape index (κ1) is 24.2. The number of rotatable bonds is 6. The molecular formula is C28H36FN3O2. The molecule has 5 nitrogen and oxygen atoms in total. The van der Waals surface area contributed by atoms with E-state index in [0.717, 1.165) is 48.9 Å². The third kappa shape index (κ3) is 4.68. The summed E-state index contributed by atoms with van der Waals surface area (Å²) in [6.45, 7) is 8.99. The number of anilines is 2. The van der Waals surface area contributed by atoms with E-state index >= 15 is 0 Å². The minimum absolute atomic E-state index is 0.00222. The number of hydrogen-bond acceptors (Lipinski definition) is 2. The number of urea groups is 1. The number of hydrogen-bond donors (Lipinski definition) is 1. The van der Waals surface area contributed by atoms with Gasteiger partial charge in [0.25, 0.3) is 0 Å². The highest BCUT2D eigenvalue weighted by Crippen LogP contribution is 2.42. The maximum absolute atomic E-state index is 13.6. The van der Waals surface area contributed by atoms with Gasteiger partial charge in [0.05, 0.1) is 5.54 Å². The van der Waals surface area contributed by atoms with Gasteiger partial charge in [-0.1, -0.05) is 65.2 Å². The van der Waals surface area contributed by atoms with Crippen LogP contribution in [0, 0.1) is 5.82 Å². The van der Waals surface area contributed by atoms with Crippen molar-refractivity contribution in [1.29, 1.82) is 0 Å². The Morgan fingerprint density at radius 1 is 0.971 bits per heavy atom. The number of nitrogens with one attached hydrogen (secondary N) is 1. The second-order valence-corrected chi connectivity index (χ2v) is 10.4. The van der Waals surface area contributed by atoms with Crippen molar-refractivity contribution in [2.24, 2.45) is 0 Å². The monoisotopic (exact) mass is 465 g/mol. The van der Waals surface area contributed by atoms with Gasteiger partial charge in [0.1, 0.15) is 12.4 Å². The van der Waals surface area contributed by atoms with E-state index in [1.807, 2.05) is 11.0 Å². The molecule has 1 spiro atoms. The maximum atomic E-state index is 13.6. The summed E-state index contributed by atoms with van der Waals surface area (Å²) in [6, 6.07) is 12.1. The number of para-hydroxylation sites is 1. The molecule has 0 aromatic heterocycles. The highest BCUT2D eigenvalue weighted by molar-refractivity contribution is 6.01. The molecular weight excluding hydrogens is 429 g/mol. The van der Waals surface area contributed by atoms with Gasteiger partial charge in [-0.2, -0.15) is 0 Å². The zero-order valence-corrected chi connectivity index (χ0v) is 20.7. The lowest BCUT2D eigenvalue weighted by Gasteiger charge is -2.40. The molecule has 2 aromatic rings. The molecule has 0 bridgehead atoms. The van der Waals surface area contributed by atoms with Crippen LogP contribution in [0.3, 0.4) is 0 Å². The van der Waals surface area contributed by atoms with Gasteiger partial charge in [-0.3, -0.25) is 9.69 Å². The fourth-order valence-corrected chi connectivity index (χ4v) is 5.58. The third-order valence-electron chi connectivity index (χ3n) is 7.26. The molecule has 1 saturated carbocycles. The predicted octanol–water partition coefficient (Wildman–Crippen LogP) is 6.66. The Kier molecular flexibility index (Phi) is 6.96. The van der Waals surface area contributed by atoms with Gasteiger partial charge in [-0.25, -0.2) is 9.18 Å². The van der Waals surface area contributed by atoms with Gasteiger partial charge < -0.3 is 10.2 Å². The van der Waals surface area contributed by atoms with Crippen molar-refractivity contribution in [3.8, 4) is 0 Å². The van der Waals surface area contributed by atoms with E-state index in [1.165, 1.54) is 12.1 Å². The molecule has 2 aromatic carbocycles. The van der Waals surface area contributed by atoms with E-state index in [-0.39, 0.29) is 41.7 Å². The molecule has 2 fully saturated rings. The fourth-order valence-electron chi connectivity index (χ4n) is 5.58. The lowest BCUT2D eigenvalue weighted by atomic mass is 9.81. The molecule has 0 radical (unpaired) electrons. The van der Waals surface area contributed by atoms with Gasteiger partial charge in [0.15, 0.2) is 0 Å². The van der Waals surface area contributed by atoms with E-state index in [0.29, 0.717) is 12.2 Å². The third-order valence-corrected chi connectivity index (χ3v) is 7.26. The summed E-state index contributed by atoms with van der Waals surface area (Å²) in [6.07, 6.45) is 5.02. The van der Waals surface area contributed by atoms with Gasteiger partial charge >= 0.3 is 6.03 Å². The van der Waals surface area contributed by atoms with Gasteiger partial charge in [-0.05, 0) is 60.1 Å². The highest BCUT2D eigenvalue weighted by Gasteiger charge is 2.50. The van der Waals surface area contributed by atoms with E-state index in [9.17, 15) is 14.0 Å². The smallest absolute Gasteiger partial charge is 0.324 e. The first-order valence-electron chi connectivity index (χ1n) is 12.5. The Hall–Kier alpha value is -2.89. The number of halogens is 1. The van der Waals surface area contributed by atoms with Crippen molar-refractivity contribution >= 4 is 23.3 Å². The number of benzene rings is 2. The predicted molar refractivity (Wildman–Crippen MR) is 135 cm³/mol. The van der Waals surface area contributed by atoms with Crippen LogP contribution < -0.4 is 10.2 Å². The normalized spacial score (nSPS) is 17.8. The van der Waals surface area contributed by atoms with Crippen molar-refractivity contribution in [3.63, 3.8) is 0 Å². The first-order valence-corrected chi connectivity index (χ1v) is 12.5. The van der Waals surface area contributed by atoms with Crippen LogP contribution in [0.1, 0.15) is 82.8 Å². The van der Waals surface area contributed by atoms with Crippen molar-refractivity contribution in [2.45, 2.75) is 77.2 Å². The first-order chi connectivity index (χ1) is 16.2. The molecule has 1 aliphatic heterocycles. The topological polar surface area (TPSA) is 52.7 Å². The van der Waals surface area contributed by atoms with Crippen LogP contribution in [-0.2, 0) is 4.79 Å². The van der Waals surface area contributed by atoms with Crippen LogP contribution in [0.5, 0.6) is 0 Å². The number of carbonyl (C=O) groups excluding carboxylic acids is 2. The molecule has 1 heterocycles. The van der Waals surface area contributed by atoms with Crippen LogP contribution in [0.15, 0.2) is 42.5 Å². The van der Waals surface area contributed by atoms with Gasteiger partial charge in [0, 0.05) is 17.9 Å². The summed E-state index contributed by atoms with van der Waals surface area (Å²) >= 11 is 0. The Bertz CT molecular complexity index is 1020. The van der Waals surface area contributed by atoms with Crippen LogP contribution in [-0.4, -0.2) is 35.5 Å². The lowest BCUT2D eigenvalue weighted by molar-refractivity contribution is -0.116. The van der Waals surface area contributed by atoms with Crippen molar-refractivity contribution in [1.82, 2.24) is 4.90 Å². The zero-order chi connectivity index (χ0) is 24.5. The summed E-state index contributed by atoms with van der Waals surface area (Å²) in [5, 5.41) is 3.14. The van der Waals surface area contributed by atoms with E-state index < -0.39 is 0 Å². The summed E-state index contributed by atoms with van der Waals surface area (Å²) in [4.78, 5) is 30.3. The molecule has 2 aliphatic rings. The minimum Gasteiger partial charge on any atom is -0.324 e. The molecule has 1 N–H and O–H groups in total. The molecule has 6 heteroatoms. The van der Waals surface area contributed by atoms with Crippen LogP contribution in [0.25, 0.3) is 0 Å². The summed E-state index contributed by atoms with van der Waals surface area (Å²) in [5.41, 5.74) is 3.43. The second-order valence-electron chi connectivity index (χ2n) is 10.4. The summed E-state index contributed by atoms with van der Waals surface area (Å²) < 4.78 is 13.6. The molecule has 0 atom stereocenters. The van der Waals surface area contributed by atoms with Crippen LogP contribution >= 0.6 is 0 Å². The Morgan fingerprint density at radius 2 is 1.56 bits per heavy atom. The lowest BCUT2D eigenvalue weighted by Crippen LogP contribution is -2.48. The maximum Gasteiger partial charge on any atom is 0.325 e. The van der Waals surface area contributed by atoms with Crippen molar-refractivity contribution in [2.75, 3.05) is 23.3 Å². The Labute approximate surface area is 202 Å². The summed E-state index contributed by atoms with van der Waals surface area (Å²) in [5.74, 6) is 0.0214. The van der Waals surface area contributed by atoms with E-state index in [2.05, 4.69) is 45.1 Å². The Morgan fingerprint density at radius 3 is 2.12 bits per heavy atom. The summed E-state index contributed by atoms with van der Waals surface area (Å²) in [7, 11) is 0. The molecule has 1 aliphatic carbocycles. The standard InChI is InChI=1S/C28H36FN3O2/c1-19(2)23-9-8-10-24(20(3)4)26(23)30-25(33)17-31-18-28(15-6-5-7-16-28)32(27(31)34)22-13-11-21(29)12-14-22/h8-14,19-20H,5-7,15-18H2,1-4H3,(H,30,33). The minimum atomic E-state index is -0.341. The second kappa shape index (κ2) is 9.77. The molecule has 34 heavy (non-hydrogen) atoms. The largest absolute Gasteiger partial charge is 0.325 e. The Balaban J connectivity index is 1.58. The van der Waals surface area contributed by atoms with Crippen LogP contribution in [0.4, 0.5) is 20.6 Å². The molecule has 0 unspecified atom stereocenters. The molecule has 3 amide bonds. The molecule has 4 rings (SSSR count). The fraction of sp³-hybridized carbons (Fsp3) is 0.500. The molecule has 182 valence electrons. The van der Waals surface area contributed by atoms with Crippen LogP contribution in [0.2, 0.25) is 0 Å². The quantitative estimate of drug-likeness (QED) is 0.519. The van der Waals surface area contributed by atoms with Crippen molar-refractivity contribution < 1.29 is 14.0 Å². The average molecular weight is 466 g/mol. The van der Waals surface area contributed by atoms with E-state index in [1.54, 1.807) is 17.0 Å². The average Bonchev–Trinajstić information content (AvgIpc) is 3.04.